The average molecular weight is 452 g/mol. The van der Waals surface area contributed by atoms with Crippen molar-refractivity contribution in [1.29, 1.82) is 0 Å². The molecule has 4 aromatic rings. The zero-order valence-corrected chi connectivity index (χ0v) is 19.6. The summed E-state index contributed by atoms with van der Waals surface area (Å²) in [6.07, 6.45) is 1.80. The normalized spacial score (nSPS) is 15.3. The minimum absolute atomic E-state index is 0.101. The molecule has 0 bridgehead atoms. The van der Waals surface area contributed by atoms with Crippen LogP contribution in [0.15, 0.2) is 79.0 Å². The number of rotatable bonds is 5. The lowest BCUT2D eigenvalue weighted by Gasteiger charge is -2.32. The quantitative estimate of drug-likeness (QED) is 0.483. The molecule has 2 heterocycles. The Morgan fingerprint density at radius 1 is 0.941 bits per heavy atom. The van der Waals surface area contributed by atoms with Crippen LogP contribution in [0.5, 0.6) is 0 Å². The van der Waals surface area contributed by atoms with Crippen LogP contribution in [-0.4, -0.2) is 54.0 Å². The second kappa shape index (κ2) is 9.61. The summed E-state index contributed by atoms with van der Waals surface area (Å²) in [7, 11) is 2.13. The van der Waals surface area contributed by atoms with Crippen molar-refractivity contribution < 1.29 is 4.79 Å². The number of nitrogens with zero attached hydrogens (tertiary/aromatic N) is 4. The summed E-state index contributed by atoms with van der Waals surface area (Å²) in [5.41, 5.74) is 3.45. The molecule has 1 saturated heterocycles. The largest absolute Gasteiger partial charge is 0.345 e. The van der Waals surface area contributed by atoms with E-state index in [-0.39, 0.29) is 11.9 Å². The first-order valence-electron chi connectivity index (χ1n) is 11.7. The Morgan fingerprint density at radius 2 is 1.71 bits per heavy atom. The molecule has 1 fully saturated rings. The number of carbonyl (C=O) groups is 1. The molecule has 172 valence electrons. The van der Waals surface area contributed by atoms with Gasteiger partial charge in [0.15, 0.2) is 0 Å². The van der Waals surface area contributed by atoms with E-state index < -0.39 is 0 Å². The van der Waals surface area contributed by atoms with Crippen LogP contribution in [0.25, 0.3) is 22.0 Å². The van der Waals surface area contributed by atoms with Crippen LogP contribution in [-0.2, 0) is 0 Å². The predicted octanol–water partition coefficient (Wildman–Crippen LogP) is 4.54. The SMILES string of the molecule is C[C@@H](NC(=O)c1cccc(-c2ccnc(N3CCN(C)CC3)n2)c1)c1cccc2ccccc12. The number of amides is 1. The summed E-state index contributed by atoms with van der Waals surface area (Å²) in [5, 5.41) is 5.49. The molecule has 6 nitrogen and oxygen atoms in total. The van der Waals surface area contributed by atoms with Crippen molar-refractivity contribution in [2.24, 2.45) is 0 Å². The van der Waals surface area contributed by atoms with Crippen LogP contribution >= 0.6 is 0 Å². The third-order valence-corrected chi connectivity index (χ3v) is 6.49. The Kier molecular flexibility index (Phi) is 6.23. The zero-order chi connectivity index (χ0) is 23.5. The highest BCUT2D eigenvalue weighted by molar-refractivity contribution is 5.96. The Labute approximate surface area is 200 Å². The molecule has 1 atom stereocenters. The van der Waals surface area contributed by atoms with Gasteiger partial charge in [-0.05, 0) is 48.5 Å². The van der Waals surface area contributed by atoms with E-state index in [0.717, 1.165) is 54.3 Å². The summed E-state index contributed by atoms with van der Waals surface area (Å²) in [6, 6.07) is 23.9. The zero-order valence-electron chi connectivity index (χ0n) is 19.6. The van der Waals surface area contributed by atoms with Gasteiger partial charge in [0.05, 0.1) is 11.7 Å². The molecular weight excluding hydrogens is 422 g/mol. The first-order valence-corrected chi connectivity index (χ1v) is 11.7. The fourth-order valence-electron chi connectivity index (χ4n) is 4.47. The molecule has 5 rings (SSSR count). The van der Waals surface area contributed by atoms with E-state index >= 15 is 0 Å². The molecular formula is C28H29N5O. The maximum Gasteiger partial charge on any atom is 0.251 e. The van der Waals surface area contributed by atoms with Crippen LogP contribution < -0.4 is 10.2 Å². The number of hydrogen-bond acceptors (Lipinski definition) is 5. The molecule has 1 aliphatic heterocycles. The van der Waals surface area contributed by atoms with Crippen molar-refractivity contribution in [3.63, 3.8) is 0 Å². The second-order valence-electron chi connectivity index (χ2n) is 8.88. The van der Waals surface area contributed by atoms with Gasteiger partial charge in [0.1, 0.15) is 0 Å². The minimum Gasteiger partial charge on any atom is -0.345 e. The number of carbonyl (C=O) groups excluding carboxylic acids is 1. The molecule has 1 aromatic heterocycles. The van der Waals surface area contributed by atoms with E-state index in [1.54, 1.807) is 6.20 Å². The number of anilines is 1. The molecule has 1 N–H and O–H groups in total. The van der Waals surface area contributed by atoms with Crippen molar-refractivity contribution in [2.75, 3.05) is 38.1 Å². The highest BCUT2D eigenvalue weighted by atomic mass is 16.1. The summed E-state index contributed by atoms with van der Waals surface area (Å²) in [5.74, 6) is 0.640. The number of likely N-dealkylation sites (N-methyl/N-ethyl adjacent to an activating group) is 1. The van der Waals surface area contributed by atoms with E-state index in [0.29, 0.717) is 5.56 Å². The lowest BCUT2D eigenvalue weighted by atomic mass is 9.99. The predicted molar refractivity (Wildman–Crippen MR) is 137 cm³/mol. The molecule has 34 heavy (non-hydrogen) atoms. The molecule has 3 aromatic carbocycles. The van der Waals surface area contributed by atoms with Crippen molar-refractivity contribution >= 4 is 22.6 Å². The number of hydrogen-bond donors (Lipinski definition) is 1. The van der Waals surface area contributed by atoms with Crippen molar-refractivity contribution in [2.45, 2.75) is 13.0 Å². The fourth-order valence-corrected chi connectivity index (χ4v) is 4.47. The van der Waals surface area contributed by atoms with E-state index in [1.165, 1.54) is 5.39 Å². The molecule has 1 amide bonds. The number of piperazine rings is 1. The Morgan fingerprint density at radius 3 is 2.56 bits per heavy atom. The lowest BCUT2D eigenvalue weighted by molar-refractivity contribution is 0.0940. The summed E-state index contributed by atoms with van der Waals surface area (Å²) < 4.78 is 0. The van der Waals surface area contributed by atoms with Gasteiger partial charge >= 0.3 is 0 Å². The average Bonchev–Trinajstić information content (AvgIpc) is 2.89. The standard InChI is InChI=1S/C28H29N5O/c1-20(24-12-6-8-21-7-3-4-11-25(21)24)30-27(34)23-10-5-9-22(19-23)26-13-14-29-28(31-26)33-17-15-32(2)16-18-33/h3-14,19-20H,15-18H2,1-2H3,(H,30,34)/t20-/m1/s1. The number of nitrogens with one attached hydrogen (secondary N) is 1. The minimum atomic E-state index is -0.120. The summed E-state index contributed by atoms with van der Waals surface area (Å²) >= 11 is 0. The lowest BCUT2D eigenvalue weighted by Crippen LogP contribution is -2.45. The van der Waals surface area contributed by atoms with Crippen LogP contribution in [0.4, 0.5) is 5.95 Å². The maximum atomic E-state index is 13.1. The highest BCUT2D eigenvalue weighted by Gasteiger charge is 2.18. The molecule has 1 aliphatic rings. The van der Waals surface area contributed by atoms with Crippen LogP contribution in [0, 0.1) is 0 Å². The Balaban J connectivity index is 1.35. The third-order valence-electron chi connectivity index (χ3n) is 6.49. The van der Waals surface area contributed by atoms with Gasteiger partial charge < -0.3 is 15.1 Å². The van der Waals surface area contributed by atoms with Gasteiger partial charge in [0, 0.05) is 43.5 Å². The number of benzene rings is 3. The second-order valence-corrected chi connectivity index (χ2v) is 8.88. The number of aromatic nitrogens is 2. The van der Waals surface area contributed by atoms with Gasteiger partial charge in [-0.1, -0.05) is 54.6 Å². The molecule has 0 radical (unpaired) electrons. The van der Waals surface area contributed by atoms with Gasteiger partial charge in [0.25, 0.3) is 5.91 Å². The molecule has 0 aliphatic carbocycles. The molecule has 0 saturated carbocycles. The van der Waals surface area contributed by atoms with Gasteiger partial charge in [-0.15, -0.1) is 0 Å². The maximum absolute atomic E-state index is 13.1. The highest BCUT2D eigenvalue weighted by Crippen LogP contribution is 2.25. The smallest absolute Gasteiger partial charge is 0.251 e. The Bertz CT molecular complexity index is 1310. The van der Waals surface area contributed by atoms with Gasteiger partial charge in [-0.3, -0.25) is 4.79 Å². The van der Waals surface area contributed by atoms with Crippen LogP contribution in [0.3, 0.4) is 0 Å². The van der Waals surface area contributed by atoms with E-state index in [4.69, 9.17) is 4.98 Å². The fraction of sp³-hybridized carbons (Fsp3) is 0.250. The molecule has 6 heteroatoms. The first-order chi connectivity index (χ1) is 16.6. The summed E-state index contributed by atoms with van der Waals surface area (Å²) in [6.45, 7) is 5.84. The van der Waals surface area contributed by atoms with Crippen molar-refractivity contribution in [3.8, 4) is 11.3 Å². The first kappa shape index (κ1) is 22.0. The van der Waals surface area contributed by atoms with Gasteiger partial charge in [-0.2, -0.15) is 0 Å². The monoisotopic (exact) mass is 451 g/mol. The van der Waals surface area contributed by atoms with E-state index in [2.05, 4.69) is 51.4 Å². The van der Waals surface area contributed by atoms with Crippen LogP contribution in [0.1, 0.15) is 28.9 Å². The molecule has 0 unspecified atom stereocenters. The van der Waals surface area contributed by atoms with E-state index in [1.807, 2.05) is 55.5 Å². The van der Waals surface area contributed by atoms with Crippen LogP contribution in [0.2, 0.25) is 0 Å². The van der Waals surface area contributed by atoms with Gasteiger partial charge in [-0.25, -0.2) is 9.97 Å². The Hall–Kier alpha value is -3.77. The number of fused-ring (bicyclic) bond motifs is 1. The summed E-state index contributed by atoms with van der Waals surface area (Å²) in [4.78, 5) is 26.9. The third kappa shape index (κ3) is 4.63. The van der Waals surface area contributed by atoms with Crippen molar-refractivity contribution in [3.05, 3.63) is 90.1 Å². The van der Waals surface area contributed by atoms with Gasteiger partial charge in [0.2, 0.25) is 5.95 Å². The topological polar surface area (TPSA) is 61.4 Å². The van der Waals surface area contributed by atoms with Crippen molar-refractivity contribution in [1.82, 2.24) is 20.2 Å². The molecule has 0 spiro atoms. The van der Waals surface area contributed by atoms with E-state index in [9.17, 15) is 4.79 Å².